The second-order valence-electron chi connectivity index (χ2n) is 4.66. The van der Waals surface area contributed by atoms with Gasteiger partial charge < -0.3 is 10.6 Å². The Labute approximate surface area is 117 Å². The Morgan fingerprint density at radius 3 is 2.74 bits per heavy atom. The summed E-state index contributed by atoms with van der Waals surface area (Å²) in [6, 6.07) is 9.61. The molecule has 1 aromatic heterocycles. The average molecular weight is 275 g/mol. The third-order valence-corrected chi connectivity index (χ3v) is 3.30. The molecular formula is C14H15ClN4. The van der Waals surface area contributed by atoms with Crippen LogP contribution in [-0.4, -0.2) is 17.0 Å². The van der Waals surface area contributed by atoms with E-state index in [2.05, 4.69) is 20.6 Å². The highest BCUT2D eigenvalue weighted by Gasteiger charge is 2.26. The normalized spacial score (nSPS) is 14.2. The Hall–Kier alpha value is -1.81. The van der Waals surface area contributed by atoms with Gasteiger partial charge in [-0.05, 0) is 31.0 Å². The molecule has 2 N–H and O–H groups in total. The van der Waals surface area contributed by atoms with Crippen molar-refractivity contribution in [3.8, 4) is 0 Å². The second-order valence-corrected chi connectivity index (χ2v) is 5.10. The van der Waals surface area contributed by atoms with Crippen molar-refractivity contribution in [3.63, 3.8) is 0 Å². The molecular weight excluding hydrogens is 260 g/mol. The molecule has 0 bridgehead atoms. The van der Waals surface area contributed by atoms with E-state index in [0.29, 0.717) is 16.9 Å². The molecule has 0 radical (unpaired) electrons. The van der Waals surface area contributed by atoms with Crippen molar-refractivity contribution in [1.82, 2.24) is 9.97 Å². The quantitative estimate of drug-likeness (QED) is 0.890. The summed E-state index contributed by atoms with van der Waals surface area (Å²) in [7, 11) is 1.83. The van der Waals surface area contributed by atoms with Crippen molar-refractivity contribution in [2.45, 2.75) is 18.8 Å². The molecule has 1 aliphatic rings. The lowest BCUT2D eigenvalue weighted by Gasteiger charge is -2.09. The maximum absolute atomic E-state index is 5.98. The molecule has 1 heterocycles. The fourth-order valence-electron chi connectivity index (χ4n) is 1.94. The van der Waals surface area contributed by atoms with E-state index in [-0.39, 0.29) is 0 Å². The molecule has 0 unspecified atom stereocenters. The van der Waals surface area contributed by atoms with E-state index in [9.17, 15) is 0 Å². The standard InChI is InChI=1S/C14H15ClN4/c1-16-14-18-12(9-5-6-9)8-13(19-14)17-11-4-2-3-10(15)7-11/h2-4,7-9H,5-6H2,1H3,(H2,16,17,18,19). The lowest BCUT2D eigenvalue weighted by molar-refractivity contribution is 0.991. The number of hydrogen-bond donors (Lipinski definition) is 2. The summed E-state index contributed by atoms with van der Waals surface area (Å²) in [4.78, 5) is 8.90. The number of halogens is 1. The van der Waals surface area contributed by atoms with Crippen molar-refractivity contribution in [2.75, 3.05) is 17.7 Å². The highest BCUT2D eigenvalue weighted by molar-refractivity contribution is 6.30. The van der Waals surface area contributed by atoms with Crippen molar-refractivity contribution in [3.05, 3.63) is 41.0 Å². The number of rotatable bonds is 4. The van der Waals surface area contributed by atoms with Crippen LogP contribution in [0.5, 0.6) is 0 Å². The zero-order valence-corrected chi connectivity index (χ0v) is 11.4. The molecule has 19 heavy (non-hydrogen) atoms. The van der Waals surface area contributed by atoms with E-state index in [0.717, 1.165) is 17.2 Å². The van der Waals surface area contributed by atoms with Crippen LogP contribution < -0.4 is 10.6 Å². The first-order valence-corrected chi connectivity index (χ1v) is 6.72. The minimum atomic E-state index is 0.593. The summed E-state index contributed by atoms with van der Waals surface area (Å²) in [5.41, 5.74) is 2.03. The van der Waals surface area contributed by atoms with Gasteiger partial charge in [0, 0.05) is 29.7 Å². The van der Waals surface area contributed by atoms with Gasteiger partial charge in [-0.2, -0.15) is 4.98 Å². The Kier molecular flexibility index (Phi) is 3.25. The van der Waals surface area contributed by atoms with Crippen LogP contribution in [0.2, 0.25) is 5.02 Å². The minimum Gasteiger partial charge on any atom is -0.357 e. The van der Waals surface area contributed by atoms with Crippen LogP contribution in [-0.2, 0) is 0 Å². The first-order chi connectivity index (χ1) is 9.24. The third-order valence-electron chi connectivity index (χ3n) is 3.06. The van der Waals surface area contributed by atoms with E-state index in [1.807, 2.05) is 37.4 Å². The van der Waals surface area contributed by atoms with E-state index >= 15 is 0 Å². The third kappa shape index (κ3) is 2.96. The fourth-order valence-corrected chi connectivity index (χ4v) is 2.13. The smallest absolute Gasteiger partial charge is 0.224 e. The monoisotopic (exact) mass is 274 g/mol. The summed E-state index contributed by atoms with van der Waals surface area (Å²) in [5.74, 6) is 2.03. The van der Waals surface area contributed by atoms with Crippen molar-refractivity contribution >= 4 is 29.1 Å². The molecule has 1 fully saturated rings. The number of nitrogens with one attached hydrogen (secondary N) is 2. The fraction of sp³-hybridized carbons (Fsp3) is 0.286. The van der Waals surface area contributed by atoms with Gasteiger partial charge in [-0.1, -0.05) is 17.7 Å². The van der Waals surface area contributed by atoms with Gasteiger partial charge in [0.15, 0.2) is 0 Å². The van der Waals surface area contributed by atoms with Crippen LogP contribution in [0.4, 0.5) is 17.5 Å². The highest BCUT2D eigenvalue weighted by atomic mass is 35.5. The predicted octanol–water partition coefficient (Wildman–Crippen LogP) is 3.79. The molecule has 0 atom stereocenters. The zero-order valence-electron chi connectivity index (χ0n) is 10.7. The van der Waals surface area contributed by atoms with Crippen molar-refractivity contribution in [2.24, 2.45) is 0 Å². The van der Waals surface area contributed by atoms with E-state index in [1.165, 1.54) is 12.8 Å². The molecule has 98 valence electrons. The molecule has 0 aliphatic heterocycles. The molecule has 3 rings (SSSR count). The van der Waals surface area contributed by atoms with E-state index < -0.39 is 0 Å². The van der Waals surface area contributed by atoms with Crippen molar-refractivity contribution in [1.29, 1.82) is 0 Å². The van der Waals surface area contributed by atoms with Crippen LogP contribution in [0.1, 0.15) is 24.5 Å². The summed E-state index contributed by atoms with van der Waals surface area (Å²) in [6.45, 7) is 0. The Balaban J connectivity index is 1.89. The van der Waals surface area contributed by atoms with Crippen LogP contribution in [0.25, 0.3) is 0 Å². The molecule has 0 spiro atoms. The largest absolute Gasteiger partial charge is 0.357 e. The Bertz CT molecular complexity index is 596. The molecule has 0 amide bonds. The SMILES string of the molecule is CNc1nc(Nc2cccc(Cl)c2)cc(C2CC2)n1. The van der Waals surface area contributed by atoms with Crippen LogP contribution >= 0.6 is 11.6 Å². The summed E-state index contributed by atoms with van der Waals surface area (Å²) < 4.78 is 0. The topological polar surface area (TPSA) is 49.8 Å². The zero-order chi connectivity index (χ0) is 13.2. The number of aromatic nitrogens is 2. The number of nitrogens with zero attached hydrogens (tertiary/aromatic N) is 2. The summed E-state index contributed by atoms with van der Waals surface area (Å²) in [6.07, 6.45) is 2.44. The molecule has 5 heteroatoms. The predicted molar refractivity (Wildman–Crippen MR) is 78.3 cm³/mol. The molecule has 1 saturated carbocycles. The van der Waals surface area contributed by atoms with Crippen LogP contribution in [0.3, 0.4) is 0 Å². The summed E-state index contributed by atoms with van der Waals surface area (Å²) in [5, 5.41) is 6.97. The number of anilines is 3. The van der Waals surface area contributed by atoms with Gasteiger partial charge in [0.2, 0.25) is 5.95 Å². The van der Waals surface area contributed by atoms with Gasteiger partial charge in [-0.25, -0.2) is 4.98 Å². The molecule has 2 aromatic rings. The Morgan fingerprint density at radius 1 is 1.21 bits per heavy atom. The first-order valence-electron chi connectivity index (χ1n) is 6.34. The summed E-state index contributed by atoms with van der Waals surface area (Å²) >= 11 is 5.98. The minimum absolute atomic E-state index is 0.593. The van der Waals surface area contributed by atoms with Gasteiger partial charge in [0.05, 0.1) is 5.69 Å². The second kappa shape index (κ2) is 5.05. The highest BCUT2D eigenvalue weighted by Crippen LogP contribution is 2.40. The number of benzene rings is 1. The maximum Gasteiger partial charge on any atom is 0.224 e. The maximum atomic E-state index is 5.98. The van der Waals surface area contributed by atoms with E-state index in [4.69, 9.17) is 11.6 Å². The average Bonchev–Trinajstić information content (AvgIpc) is 3.22. The van der Waals surface area contributed by atoms with Gasteiger partial charge in [-0.15, -0.1) is 0 Å². The number of hydrogen-bond acceptors (Lipinski definition) is 4. The van der Waals surface area contributed by atoms with Crippen LogP contribution in [0.15, 0.2) is 30.3 Å². The van der Waals surface area contributed by atoms with Gasteiger partial charge in [-0.3, -0.25) is 0 Å². The van der Waals surface area contributed by atoms with Gasteiger partial charge >= 0.3 is 0 Å². The van der Waals surface area contributed by atoms with Gasteiger partial charge in [0.1, 0.15) is 5.82 Å². The van der Waals surface area contributed by atoms with Gasteiger partial charge in [0.25, 0.3) is 0 Å². The molecule has 1 aliphatic carbocycles. The first kappa shape index (κ1) is 12.2. The molecule has 0 saturated heterocycles. The lowest BCUT2D eigenvalue weighted by atomic mass is 10.2. The van der Waals surface area contributed by atoms with E-state index in [1.54, 1.807) is 0 Å². The Morgan fingerprint density at radius 2 is 2.05 bits per heavy atom. The van der Waals surface area contributed by atoms with Crippen molar-refractivity contribution < 1.29 is 0 Å². The molecule has 1 aromatic carbocycles. The van der Waals surface area contributed by atoms with Crippen LogP contribution in [0, 0.1) is 0 Å². The lowest BCUT2D eigenvalue weighted by Crippen LogP contribution is -2.03. The molecule has 4 nitrogen and oxygen atoms in total.